The number of nitrogens with one attached hydrogen (secondary N) is 1. The fourth-order valence-corrected chi connectivity index (χ4v) is 2.85. The second-order valence-corrected chi connectivity index (χ2v) is 5.86. The number of nitrogens with zero attached hydrogens (tertiary/aromatic N) is 2. The maximum atomic E-state index is 12.3. The van der Waals surface area contributed by atoms with E-state index in [1.54, 1.807) is 17.2 Å². The molecule has 1 aromatic rings. The maximum absolute atomic E-state index is 12.3. The van der Waals surface area contributed by atoms with Crippen molar-refractivity contribution in [2.45, 2.75) is 33.6 Å². The fourth-order valence-electron chi connectivity index (χ4n) is 2.85. The highest BCUT2D eigenvalue weighted by Crippen LogP contribution is 2.39. The van der Waals surface area contributed by atoms with E-state index in [4.69, 9.17) is 4.74 Å². The van der Waals surface area contributed by atoms with Crippen LogP contribution in [0.3, 0.4) is 0 Å². The number of carbonyl (C=O) groups excluding carboxylic acids is 2. The van der Waals surface area contributed by atoms with Crippen LogP contribution in [0.5, 0.6) is 0 Å². The smallest absolute Gasteiger partial charge is 0.314 e. The van der Waals surface area contributed by atoms with E-state index in [1.807, 2.05) is 20.8 Å². The van der Waals surface area contributed by atoms with Gasteiger partial charge in [0.15, 0.2) is 0 Å². The predicted octanol–water partition coefficient (Wildman–Crippen LogP) is 1.39. The van der Waals surface area contributed by atoms with Gasteiger partial charge in [-0.1, -0.05) is 13.8 Å². The molecule has 2 rings (SSSR count). The average molecular weight is 293 g/mol. The Balaban J connectivity index is 2.05. The van der Waals surface area contributed by atoms with Crippen molar-refractivity contribution < 1.29 is 14.3 Å². The highest BCUT2D eigenvalue weighted by Gasteiger charge is 2.49. The first-order valence-corrected chi connectivity index (χ1v) is 7.43. The van der Waals surface area contributed by atoms with Gasteiger partial charge in [0, 0.05) is 25.0 Å². The molecule has 1 fully saturated rings. The summed E-state index contributed by atoms with van der Waals surface area (Å²) >= 11 is 0. The summed E-state index contributed by atoms with van der Waals surface area (Å²) in [6.45, 7) is 7.25. The van der Waals surface area contributed by atoms with Crippen molar-refractivity contribution in [2.75, 3.05) is 19.7 Å². The summed E-state index contributed by atoms with van der Waals surface area (Å²) in [5, 5.41) is 6.63. The third-order valence-electron chi connectivity index (χ3n) is 4.34. The molecule has 1 aliphatic heterocycles. The number of ether oxygens (including phenoxy) is 1. The lowest BCUT2D eigenvalue weighted by Gasteiger charge is -2.30. The lowest BCUT2D eigenvalue weighted by molar-refractivity contribution is -0.157. The molecule has 21 heavy (non-hydrogen) atoms. The minimum Gasteiger partial charge on any atom is -0.466 e. The monoisotopic (exact) mass is 293 g/mol. The molecule has 0 spiro atoms. The summed E-state index contributed by atoms with van der Waals surface area (Å²) in [6.07, 6.45) is 2.58. The van der Waals surface area contributed by atoms with E-state index in [9.17, 15) is 9.59 Å². The molecule has 6 nitrogen and oxygen atoms in total. The molecule has 116 valence electrons. The van der Waals surface area contributed by atoms with Crippen molar-refractivity contribution in [1.82, 2.24) is 15.1 Å². The second kappa shape index (κ2) is 6.28. The van der Waals surface area contributed by atoms with Crippen molar-refractivity contribution in [3.05, 3.63) is 18.0 Å². The zero-order valence-corrected chi connectivity index (χ0v) is 12.9. The number of esters is 1. The SMILES string of the molecule is CCOC(=O)[C@@]1(C(C)C)CCN(C(=O)Cc2ccn[nH]2)C1. The highest BCUT2D eigenvalue weighted by atomic mass is 16.5. The molecule has 1 saturated heterocycles. The highest BCUT2D eigenvalue weighted by molar-refractivity contribution is 5.82. The van der Waals surface area contributed by atoms with Gasteiger partial charge in [-0.25, -0.2) is 0 Å². The molecule has 1 aliphatic rings. The molecule has 2 heterocycles. The quantitative estimate of drug-likeness (QED) is 0.832. The van der Waals surface area contributed by atoms with Crippen LogP contribution in [-0.2, 0) is 20.7 Å². The van der Waals surface area contributed by atoms with Gasteiger partial charge in [0.1, 0.15) is 0 Å². The Morgan fingerprint density at radius 3 is 2.86 bits per heavy atom. The molecule has 0 bridgehead atoms. The Morgan fingerprint density at radius 2 is 2.29 bits per heavy atom. The Labute approximate surface area is 124 Å². The van der Waals surface area contributed by atoms with Gasteiger partial charge in [-0.15, -0.1) is 0 Å². The molecule has 1 aromatic heterocycles. The number of likely N-dealkylation sites (tertiary alicyclic amines) is 1. The lowest BCUT2D eigenvalue weighted by Crippen LogP contribution is -2.42. The van der Waals surface area contributed by atoms with Crippen LogP contribution in [0.1, 0.15) is 32.9 Å². The Bertz CT molecular complexity index is 498. The Kier molecular flexibility index (Phi) is 4.65. The first kappa shape index (κ1) is 15.5. The van der Waals surface area contributed by atoms with Crippen LogP contribution in [0.2, 0.25) is 0 Å². The van der Waals surface area contributed by atoms with Gasteiger partial charge in [0.05, 0.1) is 18.4 Å². The topological polar surface area (TPSA) is 75.3 Å². The van der Waals surface area contributed by atoms with Crippen LogP contribution in [0.25, 0.3) is 0 Å². The number of carbonyl (C=O) groups is 2. The second-order valence-electron chi connectivity index (χ2n) is 5.86. The fraction of sp³-hybridized carbons (Fsp3) is 0.667. The molecular formula is C15H23N3O3. The molecule has 0 aromatic carbocycles. The van der Waals surface area contributed by atoms with E-state index < -0.39 is 5.41 Å². The van der Waals surface area contributed by atoms with Crippen LogP contribution in [0.15, 0.2) is 12.3 Å². The zero-order chi connectivity index (χ0) is 15.5. The first-order chi connectivity index (χ1) is 9.99. The van der Waals surface area contributed by atoms with Crippen LogP contribution in [0, 0.1) is 11.3 Å². The molecule has 0 unspecified atom stereocenters. The van der Waals surface area contributed by atoms with Gasteiger partial charge >= 0.3 is 5.97 Å². The van der Waals surface area contributed by atoms with Crippen molar-refractivity contribution in [3.8, 4) is 0 Å². The largest absolute Gasteiger partial charge is 0.466 e. The summed E-state index contributed by atoms with van der Waals surface area (Å²) in [7, 11) is 0. The summed E-state index contributed by atoms with van der Waals surface area (Å²) in [6, 6.07) is 1.79. The summed E-state index contributed by atoms with van der Waals surface area (Å²) in [5.41, 5.74) is 0.220. The average Bonchev–Trinajstić information content (AvgIpc) is 3.08. The van der Waals surface area contributed by atoms with E-state index in [2.05, 4.69) is 10.2 Å². The molecule has 1 atom stereocenters. The normalized spacial score (nSPS) is 21.8. The maximum Gasteiger partial charge on any atom is 0.314 e. The molecule has 0 radical (unpaired) electrons. The van der Waals surface area contributed by atoms with E-state index in [1.165, 1.54) is 0 Å². The third kappa shape index (κ3) is 3.09. The molecule has 0 saturated carbocycles. The number of aromatic amines is 1. The minimum atomic E-state index is -0.570. The molecule has 0 aliphatic carbocycles. The molecule has 1 amide bonds. The lowest BCUT2D eigenvalue weighted by atomic mass is 9.76. The van der Waals surface area contributed by atoms with Crippen molar-refractivity contribution in [1.29, 1.82) is 0 Å². The van der Waals surface area contributed by atoms with E-state index in [0.717, 1.165) is 5.69 Å². The van der Waals surface area contributed by atoms with Gasteiger partial charge in [-0.2, -0.15) is 5.10 Å². The summed E-state index contributed by atoms with van der Waals surface area (Å²) in [4.78, 5) is 26.4. The zero-order valence-electron chi connectivity index (χ0n) is 12.9. The van der Waals surface area contributed by atoms with Crippen LogP contribution in [-0.4, -0.2) is 46.7 Å². The summed E-state index contributed by atoms with van der Waals surface area (Å²) in [5.74, 6) is -0.0237. The van der Waals surface area contributed by atoms with Gasteiger partial charge < -0.3 is 9.64 Å². The van der Waals surface area contributed by atoms with Crippen LogP contribution >= 0.6 is 0 Å². The summed E-state index contributed by atoms with van der Waals surface area (Å²) < 4.78 is 5.23. The van der Waals surface area contributed by atoms with Gasteiger partial charge in [-0.05, 0) is 25.3 Å². The Morgan fingerprint density at radius 1 is 1.52 bits per heavy atom. The van der Waals surface area contributed by atoms with E-state index in [0.29, 0.717) is 26.1 Å². The van der Waals surface area contributed by atoms with Gasteiger partial charge in [0.2, 0.25) is 5.91 Å². The number of hydrogen-bond acceptors (Lipinski definition) is 4. The molecule has 6 heteroatoms. The van der Waals surface area contributed by atoms with Crippen molar-refractivity contribution in [2.24, 2.45) is 11.3 Å². The van der Waals surface area contributed by atoms with Crippen molar-refractivity contribution in [3.63, 3.8) is 0 Å². The predicted molar refractivity (Wildman–Crippen MR) is 77.4 cm³/mol. The van der Waals surface area contributed by atoms with Crippen LogP contribution in [0.4, 0.5) is 0 Å². The molecular weight excluding hydrogens is 270 g/mol. The number of amides is 1. The van der Waals surface area contributed by atoms with Gasteiger partial charge in [-0.3, -0.25) is 14.7 Å². The van der Waals surface area contributed by atoms with Crippen molar-refractivity contribution >= 4 is 11.9 Å². The van der Waals surface area contributed by atoms with E-state index in [-0.39, 0.29) is 24.2 Å². The first-order valence-electron chi connectivity index (χ1n) is 7.43. The molecule has 1 N–H and O–H groups in total. The third-order valence-corrected chi connectivity index (χ3v) is 4.34. The Hall–Kier alpha value is -1.85. The number of hydrogen-bond donors (Lipinski definition) is 1. The standard InChI is InChI=1S/C15H23N3O3/c1-4-21-14(20)15(11(2)3)6-8-18(10-15)13(19)9-12-5-7-16-17-12/h5,7,11H,4,6,8-10H2,1-3H3,(H,16,17)/t15-/m0/s1. The van der Waals surface area contributed by atoms with E-state index >= 15 is 0 Å². The number of rotatable bonds is 5. The van der Waals surface area contributed by atoms with Crippen LogP contribution < -0.4 is 0 Å². The number of H-pyrrole nitrogens is 1. The van der Waals surface area contributed by atoms with Gasteiger partial charge in [0.25, 0.3) is 0 Å². The minimum absolute atomic E-state index is 0.0195. The number of aromatic nitrogens is 2.